The molecule has 0 aliphatic rings. The Balaban J connectivity index is 1.88. The molecule has 0 amide bonds. The van der Waals surface area contributed by atoms with E-state index in [4.69, 9.17) is 4.74 Å². The summed E-state index contributed by atoms with van der Waals surface area (Å²) in [5.41, 5.74) is 0.160. The van der Waals surface area contributed by atoms with Gasteiger partial charge >= 0.3 is 5.97 Å². The average molecular weight is 323 g/mol. The van der Waals surface area contributed by atoms with Gasteiger partial charge < -0.3 is 14.9 Å². The first-order valence-electron chi connectivity index (χ1n) is 7.51. The van der Waals surface area contributed by atoms with Crippen LogP contribution in [0.2, 0.25) is 0 Å². The summed E-state index contributed by atoms with van der Waals surface area (Å²) in [7, 11) is 0. The van der Waals surface area contributed by atoms with E-state index in [1.165, 1.54) is 19.1 Å². The number of benzene rings is 2. The molecule has 0 saturated heterocycles. The van der Waals surface area contributed by atoms with Crippen molar-refractivity contribution in [2.75, 3.05) is 0 Å². The lowest BCUT2D eigenvalue weighted by atomic mass is 9.96. The van der Waals surface area contributed by atoms with Crippen molar-refractivity contribution in [3.8, 4) is 11.5 Å². The smallest absolute Gasteiger partial charge is 0.348 e. The van der Waals surface area contributed by atoms with Gasteiger partial charge in [0.2, 0.25) is 5.60 Å². The molecule has 0 aliphatic heterocycles. The predicted molar refractivity (Wildman–Crippen MR) is 90.2 cm³/mol. The van der Waals surface area contributed by atoms with Gasteiger partial charge in [-0.25, -0.2) is 4.79 Å². The van der Waals surface area contributed by atoms with E-state index in [0.717, 1.165) is 16.5 Å². The number of ether oxygens (including phenoxy) is 1. The first-order chi connectivity index (χ1) is 11.5. The lowest BCUT2D eigenvalue weighted by Gasteiger charge is -2.26. The minimum absolute atomic E-state index is 0.138. The van der Waals surface area contributed by atoms with Crippen LogP contribution in [0, 0.1) is 0 Å². The van der Waals surface area contributed by atoms with Gasteiger partial charge in [0.25, 0.3) is 0 Å². The van der Waals surface area contributed by atoms with Gasteiger partial charge in [-0.2, -0.15) is 0 Å². The number of phenolic OH excluding ortho intramolecular Hbond substituents is 1. The molecular formula is C19H17NO4. The molecule has 1 atom stereocenters. The van der Waals surface area contributed by atoms with Crippen LogP contribution in [-0.4, -0.2) is 26.8 Å². The molecule has 5 nitrogen and oxygen atoms in total. The van der Waals surface area contributed by atoms with Crippen molar-refractivity contribution in [2.45, 2.75) is 18.9 Å². The number of rotatable bonds is 5. The second-order valence-corrected chi connectivity index (χ2v) is 5.84. The van der Waals surface area contributed by atoms with Crippen LogP contribution in [0.1, 0.15) is 12.5 Å². The third kappa shape index (κ3) is 3.30. The van der Waals surface area contributed by atoms with Crippen molar-refractivity contribution in [3.63, 3.8) is 0 Å². The normalized spacial score (nSPS) is 13.4. The molecule has 0 bridgehead atoms. The standard InChI is InChI=1S/C19H17NO4/c1-19(18(22)23,12-13-4-6-15(21)7-5-13)24-16-8-9-17-14(11-16)3-2-10-20-17/h2-11,21H,12H2,1H3,(H,22,23). The van der Waals surface area contributed by atoms with Gasteiger partial charge in [-0.1, -0.05) is 18.2 Å². The Kier molecular flexibility index (Phi) is 4.08. The number of hydrogen-bond donors (Lipinski definition) is 2. The molecule has 1 aromatic heterocycles. The van der Waals surface area contributed by atoms with Crippen molar-refractivity contribution in [1.82, 2.24) is 4.98 Å². The highest BCUT2D eigenvalue weighted by Gasteiger charge is 2.36. The highest BCUT2D eigenvalue weighted by Crippen LogP contribution is 2.26. The maximum atomic E-state index is 11.8. The summed E-state index contributed by atoms with van der Waals surface area (Å²) in [6.07, 6.45) is 1.88. The fourth-order valence-electron chi connectivity index (χ4n) is 2.54. The summed E-state index contributed by atoms with van der Waals surface area (Å²) >= 11 is 0. The second-order valence-electron chi connectivity index (χ2n) is 5.84. The highest BCUT2D eigenvalue weighted by atomic mass is 16.5. The third-order valence-electron chi connectivity index (χ3n) is 3.85. The van der Waals surface area contributed by atoms with Crippen LogP contribution in [-0.2, 0) is 11.2 Å². The highest BCUT2D eigenvalue weighted by molar-refractivity contribution is 5.81. The summed E-state index contributed by atoms with van der Waals surface area (Å²) in [6.45, 7) is 1.54. The van der Waals surface area contributed by atoms with Crippen LogP contribution < -0.4 is 4.74 Å². The number of aromatic nitrogens is 1. The number of aromatic hydroxyl groups is 1. The lowest BCUT2D eigenvalue weighted by Crippen LogP contribution is -2.43. The summed E-state index contributed by atoms with van der Waals surface area (Å²) < 4.78 is 5.82. The largest absolute Gasteiger partial charge is 0.508 e. The minimum Gasteiger partial charge on any atom is -0.508 e. The van der Waals surface area contributed by atoms with Crippen molar-refractivity contribution in [3.05, 3.63) is 66.4 Å². The van der Waals surface area contributed by atoms with E-state index in [9.17, 15) is 15.0 Å². The van der Waals surface area contributed by atoms with Crippen molar-refractivity contribution < 1.29 is 19.7 Å². The number of nitrogens with zero attached hydrogens (tertiary/aromatic N) is 1. The fraction of sp³-hybridized carbons (Fsp3) is 0.158. The van der Waals surface area contributed by atoms with Gasteiger partial charge in [-0.05, 0) is 48.9 Å². The molecule has 24 heavy (non-hydrogen) atoms. The van der Waals surface area contributed by atoms with Crippen LogP contribution in [0.5, 0.6) is 11.5 Å². The Labute approximate surface area is 139 Å². The number of carbonyl (C=O) groups is 1. The zero-order valence-electron chi connectivity index (χ0n) is 13.1. The maximum absolute atomic E-state index is 11.8. The van der Waals surface area contributed by atoms with Gasteiger partial charge in [-0.15, -0.1) is 0 Å². The Morgan fingerprint density at radius 1 is 1.17 bits per heavy atom. The van der Waals surface area contributed by atoms with Crippen LogP contribution in [0.25, 0.3) is 10.9 Å². The van der Waals surface area contributed by atoms with Crippen LogP contribution in [0.3, 0.4) is 0 Å². The van der Waals surface area contributed by atoms with E-state index in [0.29, 0.717) is 5.75 Å². The zero-order chi connectivity index (χ0) is 17.2. The van der Waals surface area contributed by atoms with Gasteiger partial charge in [0, 0.05) is 18.0 Å². The van der Waals surface area contributed by atoms with Crippen molar-refractivity contribution >= 4 is 16.9 Å². The predicted octanol–water partition coefficient (Wildman–Crippen LogP) is 3.41. The van der Waals surface area contributed by atoms with E-state index in [-0.39, 0.29) is 12.2 Å². The van der Waals surface area contributed by atoms with Crippen molar-refractivity contribution in [2.24, 2.45) is 0 Å². The molecule has 3 aromatic rings. The summed E-state index contributed by atoms with van der Waals surface area (Å²) in [5, 5.41) is 19.9. The minimum atomic E-state index is -1.42. The van der Waals surface area contributed by atoms with E-state index < -0.39 is 11.6 Å². The SMILES string of the molecule is CC(Cc1ccc(O)cc1)(Oc1ccc2ncccc2c1)C(=O)O. The quantitative estimate of drug-likeness (QED) is 0.752. The molecular weight excluding hydrogens is 306 g/mol. The molecule has 2 aromatic carbocycles. The first-order valence-corrected chi connectivity index (χ1v) is 7.51. The van der Waals surface area contributed by atoms with E-state index >= 15 is 0 Å². The molecule has 1 unspecified atom stereocenters. The van der Waals surface area contributed by atoms with Crippen LogP contribution >= 0.6 is 0 Å². The number of phenols is 1. The van der Waals surface area contributed by atoms with E-state index in [2.05, 4.69) is 4.98 Å². The number of hydrogen-bond acceptors (Lipinski definition) is 4. The molecule has 0 spiro atoms. The van der Waals surface area contributed by atoms with Gasteiger partial charge in [0.05, 0.1) is 5.52 Å². The zero-order valence-corrected chi connectivity index (χ0v) is 13.1. The lowest BCUT2D eigenvalue weighted by molar-refractivity contribution is -0.153. The van der Waals surface area contributed by atoms with Gasteiger partial charge in [0.15, 0.2) is 0 Å². The van der Waals surface area contributed by atoms with Gasteiger partial charge in [0.1, 0.15) is 11.5 Å². The summed E-state index contributed by atoms with van der Waals surface area (Å²) in [6, 6.07) is 15.4. The number of aliphatic carboxylic acids is 1. The third-order valence-corrected chi connectivity index (χ3v) is 3.85. The summed E-state index contributed by atoms with van der Waals surface area (Å²) in [4.78, 5) is 16.0. The topological polar surface area (TPSA) is 79.7 Å². The van der Waals surface area contributed by atoms with E-state index in [1.807, 2.05) is 12.1 Å². The maximum Gasteiger partial charge on any atom is 0.348 e. The molecule has 0 saturated carbocycles. The van der Waals surface area contributed by atoms with Crippen molar-refractivity contribution in [1.29, 1.82) is 0 Å². The fourth-order valence-corrected chi connectivity index (χ4v) is 2.54. The van der Waals surface area contributed by atoms with Crippen LogP contribution in [0.15, 0.2) is 60.8 Å². The first kappa shape index (κ1) is 15.8. The number of carboxylic acids is 1. The number of pyridine rings is 1. The average Bonchev–Trinajstić information content (AvgIpc) is 2.57. The molecule has 0 radical (unpaired) electrons. The number of fused-ring (bicyclic) bond motifs is 1. The van der Waals surface area contributed by atoms with Crippen LogP contribution in [0.4, 0.5) is 0 Å². The second kappa shape index (κ2) is 6.20. The Bertz CT molecular complexity index is 876. The van der Waals surface area contributed by atoms with Gasteiger partial charge in [-0.3, -0.25) is 4.98 Å². The number of carboxylic acid groups (broad SMARTS) is 1. The molecule has 1 heterocycles. The Morgan fingerprint density at radius 3 is 2.62 bits per heavy atom. The molecule has 5 heteroatoms. The summed E-state index contributed by atoms with van der Waals surface area (Å²) in [5.74, 6) is -0.445. The van der Waals surface area contributed by atoms with E-state index in [1.54, 1.807) is 36.5 Å². The Hall–Kier alpha value is -3.08. The molecule has 3 rings (SSSR count). The monoisotopic (exact) mass is 323 g/mol. The molecule has 122 valence electrons. The molecule has 0 aliphatic carbocycles. The molecule has 0 fully saturated rings. The Morgan fingerprint density at radius 2 is 1.92 bits per heavy atom. The molecule has 2 N–H and O–H groups in total.